The van der Waals surface area contributed by atoms with Gasteiger partial charge in [-0.2, -0.15) is 5.10 Å². The topological polar surface area (TPSA) is 123 Å². The molecule has 4 N–H and O–H groups in total. The summed E-state index contributed by atoms with van der Waals surface area (Å²) in [5, 5.41) is 14.0. The van der Waals surface area contributed by atoms with Crippen LogP contribution in [0.4, 0.5) is 13.2 Å². The summed E-state index contributed by atoms with van der Waals surface area (Å²) in [5.41, 5.74) is 7.48. The Bertz CT molecular complexity index is 1420. The maximum Gasteiger partial charge on any atom is 0.262 e. The molecule has 1 aliphatic carbocycles. The molecule has 8 nitrogen and oxygen atoms in total. The second kappa shape index (κ2) is 8.90. The van der Waals surface area contributed by atoms with Crippen molar-refractivity contribution in [3.05, 3.63) is 76.0 Å². The maximum absolute atomic E-state index is 14.1. The molecule has 35 heavy (non-hydrogen) atoms. The molecule has 1 unspecified atom stereocenters. The van der Waals surface area contributed by atoms with E-state index in [0.29, 0.717) is 28.2 Å². The Morgan fingerprint density at radius 2 is 1.97 bits per heavy atom. The zero-order valence-corrected chi connectivity index (χ0v) is 18.6. The van der Waals surface area contributed by atoms with Crippen molar-refractivity contribution >= 4 is 11.0 Å². The lowest BCUT2D eigenvalue weighted by Gasteiger charge is -2.28. The highest BCUT2D eigenvalue weighted by atomic mass is 19.3. The van der Waals surface area contributed by atoms with Gasteiger partial charge in [0.25, 0.3) is 5.56 Å². The number of nitrogens with two attached hydrogens (primary N) is 1. The Kier molecular flexibility index (Phi) is 5.89. The van der Waals surface area contributed by atoms with E-state index in [0.717, 1.165) is 0 Å². The Morgan fingerprint density at radius 1 is 1.20 bits per heavy atom. The average Bonchev–Trinajstić information content (AvgIpc) is 3.25. The van der Waals surface area contributed by atoms with Gasteiger partial charge in [-0.05, 0) is 42.2 Å². The lowest BCUT2D eigenvalue weighted by atomic mass is 9.92. The van der Waals surface area contributed by atoms with Crippen molar-refractivity contribution in [3.8, 4) is 11.1 Å². The largest absolute Gasteiger partial charge is 0.373 e. The van der Waals surface area contributed by atoms with Gasteiger partial charge in [0.1, 0.15) is 23.3 Å². The second-order valence-electron chi connectivity index (χ2n) is 8.82. The summed E-state index contributed by atoms with van der Waals surface area (Å²) in [5.74, 6) is -2.79. The Hall–Kier alpha value is -3.57. The number of halogens is 3. The van der Waals surface area contributed by atoms with E-state index < -0.39 is 18.0 Å². The van der Waals surface area contributed by atoms with Crippen molar-refractivity contribution in [2.75, 3.05) is 0 Å². The predicted octanol–water partition coefficient (Wildman–Crippen LogP) is 3.61. The van der Waals surface area contributed by atoms with E-state index in [9.17, 15) is 23.1 Å². The first kappa shape index (κ1) is 23.2. The lowest BCUT2D eigenvalue weighted by molar-refractivity contribution is -0.0446. The number of H-pyrrole nitrogens is 1. The number of aliphatic hydroxyl groups excluding tert-OH is 1. The van der Waals surface area contributed by atoms with Crippen LogP contribution < -0.4 is 11.3 Å². The van der Waals surface area contributed by atoms with E-state index in [1.807, 2.05) is 0 Å². The quantitative estimate of drug-likeness (QED) is 0.372. The fourth-order valence-electron chi connectivity index (χ4n) is 4.49. The molecule has 3 heterocycles. The second-order valence-corrected chi connectivity index (χ2v) is 8.82. The van der Waals surface area contributed by atoms with Gasteiger partial charge in [0, 0.05) is 31.0 Å². The SMILES string of the molecule is NC(O)c1ccc(-c2cc(F)ccc2Cc2nc3c(cnn3C3CCC(F)(F)CC3)c(=O)[nH]2)cn1. The minimum Gasteiger partial charge on any atom is -0.373 e. The summed E-state index contributed by atoms with van der Waals surface area (Å²) in [7, 11) is 0. The summed E-state index contributed by atoms with van der Waals surface area (Å²) >= 11 is 0. The summed E-state index contributed by atoms with van der Waals surface area (Å²) < 4.78 is 42.9. The molecule has 1 aromatic carbocycles. The van der Waals surface area contributed by atoms with E-state index in [1.54, 1.807) is 22.9 Å². The Morgan fingerprint density at radius 3 is 2.66 bits per heavy atom. The van der Waals surface area contributed by atoms with E-state index in [4.69, 9.17) is 5.73 Å². The van der Waals surface area contributed by atoms with Crippen LogP contribution in [0.1, 0.15) is 55.0 Å². The first-order valence-electron chi connectivity index (χ1n) is 11.2. The molecule has 11 heteroatoms. The normalized spacial score (nSPS) is 17.1. The van der Waals surface area contributed by atoms with Gasteiger partial charge in [0.15, 0.2) is 5.65 Å². The highest BCUT2D eigenvalue weighted by molar-refractivity contribution is 5.73. The molecule has 1 fully saturated rings. The maximum atomic E-state index is 14.1. The number of hydrogen-bond acceptors (Lipinski definition) is 6. The fourth-order valence-corrected chi connectivity index (χ4v) is 4.49. The highest BCUT2D eigenvalue weighted by Gasteiger charge is 2.36. The number of hydrogen-bond donors (Lipinski definition) is 3. The van der Waals surface area contributed by atoms with Gasteiger partial charge in [-0.25, -0.2) is 22.8 Å². The van der Waals surface area contributed by atoms with Gasteiger partial charge in [-0.1, -0.05) is 12.1 Å². The first-order valence-corrected chi connectivity index (χ1v) is 11.2. The standard InChI is InChI=1S/C24H23F3N6O2/c25-15-3-1-13(17(10-15)14-2-4-19(21(28)34)29-11-14)9-20-31-22-18(23(35)32-20)12-30-33(22)16-5-7-24(26,27)8-6-16/h1-4,10-12,16,21,34H,5-9,28H2,(H,31,32,35). The molecular weight excluding hydrogens is 461 g/mol. The number of benzene rings is 1. The molecule has 3 aromatic heterocycles. The van der Waals surface area contributed by atoms with Gasteiger partial charge < -0.3 is 15.8 Å². The van der Waals surface area contributed by atoms with Crippen LogP contribution >= 0.6 is 0 Å². The summed E-state index contributed by atoms with van der Waals surface area (Å²) in [6, 6.07) is 7.22. The van der Waals surface area contributed by atoms with Crippen molar-refractivity contribution in [1.82, 2.24) is 24.7 Å². The first-order chi connectivity index (χ1) is 16.7. The van der Waals surface area contributed by atoms with Crippen LogP contribution in [-0.4, -0.2) is 35.8 Å². The summed E-state index contributed by atoms with van der Waals surface area (Å²) in [6.07, 6.45) is 1.86. The number of pyridine rings is 1. The molecule has 4 aromatic rings. The van der Waals surface area contributed by atoms with E-state index in [2.05, 4.69) is 20.1 Å². The predicted molar refractivity (Wildman–Crippen MR) is 122 cm³/mol. The van der Waals surface area contributed by atoms with E-state index >= 15 is 0 Å². The Balaban J connectivity index is 1.50. The number of aromatic nitrogens is 5. The zero-order valence-electron chi connectivity index (χ0n) is 18.6. The molecule has 1 atom stereocenters. The number of aromatic amines is 1. The molecular formula is C24H23F3N6O2. The van der Waals surface area contributed by atoms with Crippen LogP contribution in [-0.2, 0) is 6.42 Å². The number of aliphatic hydroxyl groups is 1. The molecule has 5 rings (SSSR count). The number of fused-ring (bicyclic) bond motifs is 1. The lowest BCUT2D eigenvalue weighted by Crippen LogP contribution is -2.27. The van der Waals surface area contributed by atoms with Crippen LogP contribution in [0, 0.1) is 5.82 Å². The minimum atomic E-state index is -2.68. The van der Waals surface area contributed by atoms with Gasteiger partial charge in [0.2, 0.25) is 5.92 Å². The van der Waals surface area contributed by atoms with Crippen LogP contribution in [0.5, 0.6) is 0 Å². The van der Waals surface area contributed by atoms with Crippen molar-refractivity contribution in [2.45, 2.75) is 50.3 Å². The van der Waals surface area contributed by atoms with Crippen LogP contribution in [0.2, 0.25) is 0 Å². The number of alkyl halides is 2. The number of nitrogens with one attached hydrogen (secondary N) is 1. The molecule has 0 bridgehead atoms. The molecule has 0 spiro atoms. The van der Waals surface area contributed by atoms with Crippen molar-refractivity contribution in [2.24, 2.45) is 5.73 Å². The van der Waals surface area contributed by atoms with Crippen molar-refractivity contribution in [3.63, 3.8) is 0 Å². The van der Waals surface area contributed by atoms with E-state index in [1.165, 1.54) is 24.5 Å². The minimum absolute atomic E-state index is 0.177. The van der Waals surface area contributed by atoms with Gasteiger partial charge >= 0.3 is 0 Å². The number of nitrogens with zero attached hydrogens (tertiary/aromatic N) is 4. The third-order valence-electron chi connectivity index (χ3n) is 6.38. The highest BCUT2D eigenvalue weighted by Crippen LogP contribution is 2.38. The molecule has 0 radical (unpaired) electrons. The van der Waals surface area contributed by atoms with Gasteiger partial charge in [-0.3, -0.25) is 9.78 Å². The number of rotatable bonds is 5. The molecule has 1 aliphatic rings. The fraction of sp³-hybridized carbons (Fsp3) is 0.333. The molecule has 0 amide bonds. The molecule has 182 valence electrons. The van der Waals surface area contributed by atoms with Crippen LogP contribution in [0.25, 0.3) is 22.2 Å². The van der Waals surface area contributed by atoms with Crippen molar-refractivity contribution in [1.29, 1.82) is 0 Å². The summed E-state index contributed by atoms with van der Waals surface area (Å²) in [6.45, 7) is 0. The molecule has 0 saturated heterocycles. The van der Waals surface area contributed by atoms with Crippen LogP contribution in [0.3, 0.4) is 0 Å². The van der Waals surface area contributed by atoms with Gasteiger partial charge in [0.05, 0.1) is 17.9 Å². The molecule has 1 saturated carbocycles. The van der Waals surface area contributed by atoms with Gasteiger partial charge in [-0.15, -0.1) is 0 Å². The smallest absolute Gasteiger partial charge is 0.262 e. The van der Waals surface area contributed by atoms with Crippen molar-refractivity contribution < 1.29 is 18.3 Å². The van der Waals surface area contributed by atoms with Crippen LogP contribution in [0.15, 0.2) is 47.5 Å². The Labute approximate surface area is 197 Å². The third kappa shape index (κ3) is 4.69. The summed E-state index contributed by atoms with van der Waals surface area (Å²) in [4.78, 5) is 24.2. The third-order valence-corrected chi connectivity index (χ3v) is 6.38. The molecule has 0 aliphatic heterocycles. The van der Waals surface area contributed by atoms with E-state index in [-0.39, 0.29) is 54.8 Å². The zero-order chi connectivity index (χ0) is 24.7. The average molecular weight is 484 g/mol. The monoisotopic (exact) mass is 484 g/mol.